The van der Waals surface area contributed by atoms with Gasteiger partial charge < -0.3 is 9.88 Å². The average molecular weight is 381 g/mol. The van der Waals surface area contributed by atoms with E-state index in [1.807, 2.05) is 12.3 Å². The number of rotatable bonds is 9. The maximum absolute atomic E-state index is 12.3. The third-order valence-corrected chi connectivity index (χ3v) is 5.77. The molecule has 0 unspecified atom stereocenters. The number of hydrogen-bond acceptors (Lipinski definition) is 5. The van der Waals surface area contributed by atoms with Crippen molar-refractivity contribution < 1.29 is 4.79 Å². The van der Waals surface area contributed by atoms with Gasteiger partial charge in [0.1, 0.15) is 5.82 Å². The zero-order valence-corrected chi connectivity index (χ0v) is 17.4. The number of amides is 1. The summed E-state index contributed by atoms with van der Waals surface area (Å²) >= 11 is 3.20. The molecule has 0 aliphatic heterocycles. The van der Waals surface area contributed by atoms with Crippen molar-refractivity contribution in [1.29, 1.82) is 0 Å². The molecule has 1 N–H and O–H groups in total. The molecule has 0 saturated heterocycles. The lowest BCUT2D eigenvalue weighted by Crippen LogP contribution is -2.24. The molecular formula is C18H28N4OS2. The molecule has 25 heavy (non-hydrogen) atoms. The van der Waals surface area contributed by atoms with Crippen molar-refractivity contribution in [2.24, 2.45) is 5.92 Å². The zero-order chi connectivity index (χ0) is 18.4. The van der Waals surface area contributed by atoms with Gasteiger partial charge in [-0.05, 0) is 43.6 Å². The van der Waals surface area contributed by atoms with Crippen LogP contribution in [0.4, 0.5) is 0 Å². The number of hydrogen-bond donors (Lipinski definition) is 1. The minimum absolute atomic E-state index is 0.0289. The fraction of sp³-hybridized carbons (Fsp3) is 0.611. The standard InChI is InChI=1S/C18H28N4OS2/c1-6-14-10-15(25-13(14)4)17(23)19-9-7-8-16-20-21-18(24-5)22(16)11-12(2)3/h10,12H,6-9,11H2,1-5H3,(H,19,23). The Morgan fingerprint density at radius 1 is 1.40 bits per heavy atom. The molecule has 2 heterocycles. The van der Waals surface area contributed by atoms with Gasteiger partial charge in [0.15, 0.2) is 5.16 Å². The van der Waals surface area contributed by atoms with Crippen LogP contribution in [0.2, 0.25) is 0 Å². The monoisotopic (exact) mass is 380 g/mol. The highest BCUT2D eigenvalue weighted by atomic mass is 32.2. The number of nitrogens with zero attached hydrogens (tertiary/aromatic N) is 3. The van der Waals surface area contributed by atoms with E-state index in [4.69, 9.17) is 0 Å². The van der Waals surface area contributed by atoms with E-state index in [2.05, 4.69) is 47.8 Å². The first-order chi connectivity index (χ1) is 12.0. The van der Waals surface area contributed by atoms with Crippen molar-refractivity contribution in [3.8, 4) is 0 Å². The topological polar surface area (TPSA) is 59.8 Å². The fourth-order valence-electron chi connectivity index (χ4n) is 2.72. The van der Waals surface area contributed by atoms with E-state index in [0.29, 0.717) is 12.5 Å². The lowest BCUT2D eigenvalue weighted by molar-refractivity contribution is 0.0957. The second-order valence-corrected chi connectivity index (χ2v) is 8.54. The van der Waals surface area contributed by atoms with Gasteiger partial charge in [-0.2, -0.15) is 0 Å². The lowest BCUT2D eigenvalue weighted by atomic mass is 10.2. The molecule has 5 nitrogen and oxygen atoms in total. The molecule has 0 saturated carbocycles. The smallest absolute Gasteiger partial charge is 0.261 e. The van der Waals surface area contributed by atoms with Crippen molar-refractivity contribution >= 4 is 29.0 Å². The van der Waals surface area contributed by atoms with Gasteiger partial charge in [0.2, 0.25) is 0 Å². The molecule has 0 atom stereocenters. The largest absolute Gasteiger partial charge is 0.351 e. The SMILES string of the molecule is CCc1cc(C(=O)NCCCc2nnc(SC)n2CC(C)C)sc1C. The summed E-state index contributed by atoms with van der Waals surface area (Å²) < 4.78 is 2.20. The maximum atomic E-state index is 12.3. The number of thiophene rings is 1. The van der Waals surface area contributed by atoms with Crippen molar-refractivity contribution in [3.05, 3.63) is 27.2 Å². The van der Waals surface area contributed by atoms with Gasteiger partial charge in [-0.3, -0.25) is 4.79 Å². The third kappa shape index (κ3) is 5.31. The van der Waals surface area contributed by atoms with E-state index < -0.39 is 0 Å². The normalized spacial score (nSPS) is 11.3. The Balaban J connectivity index is 1.86. The molecule has 0 aliphatic rings. The summed E-state index contributed by atoms with van der Waals surface area (Å²) in [5.74, 6) is 1.59. The Kier molecular flexibility index (Phi) is 7.50. The van der Waals surface area contributed by atoms with E-state index in [1.54, 1.807) is 23.1 Å². The zero-order valence-electron chi connectivity index (χ0n) is 15.8. The highest BCUT2D eigenvalue weighted by molar-refractivity contribution is 7.98. The molecule has 7 heteroatoms. The Bertz CT molecular complexity index is 706. The highest BCUT2D eigenvalue weighted by Gasteiger charge is 2.14. The number of nitrogens with one attached hydrogen (secondary N) is 1. The van der Waals surface area contributed by atoms with Gasteiger partial charge in [0.05, 0.1) is 4.88 Å². The predicted octanol–water partition coefficient (Wildman–Crippen LogP) is 3.95. The lowest BCUT2D eigenvalue weighted by Gasteiger charge is -2.11. The summed E-state index contributed by atoms with van der Waals surface area (Å²) in [4.78, 5) is 14.3. The molecule has 2 aromatic heterocycles. The van der Waals surface area contributed by atoms with E-state index in [1.165, 1.54) is 10.4 Å². The van der Waals surface area contributed by atoms with Gasteiger partial charge >= 0.3 is 0 Å². The summed E-state index contributed by atoms with van der Waals surface area (Å²) in [5.41, 5.74) is 1.27. The first kappa shape index (κ1) is 20.0. The summed E-state index contributed by atoms with van der Waals surface area (Å²) in [6.45, 7) is 10.2. The number of thioether (sulfide) groups is 1. The van der Waals surface area contributed by atoms with Crippen LogP contribution in [-0.4, -0.2) is 33.5 Å². The summed E-state index contributed by atoms with van der Waals surface area (Å²) in [5, 5.41) is 12.6. The predicted molar refractivity (Wildman–Crippen MR) is 106 cm³/mol. The van der Waals surface area contributed by atoms with Crippen LogP contribution >= 0.6 is 23.1 Å². The van der Waals surface area contributed by atoms with Crippen LogP contribution in [0.3, 0.4) is 0 Å². The first-order valence-electron chi connectivity index (χ1n) is 8.79. The molecule has 0 aliphatic carbocycles. The molecule has 0 aromatic carbocycles. The Hall–Kier alpha value is -1.34. The van der Waals surface area contributed by atoms with Crippen molar-refractivity contribution in [2.75, 3.05) is 12.8 Å². The first-order valence-corrected chi connectivity index (χ1v) is 10.8. The minimum atomic E-state index is 0.0289. The van der Waals surface area contributed by atoms with E-state index in [0.717, 1.165) is 41.7 Å². The molecule has 138 valence electrons. The van der Waals surface area contributed by atoms with Crippen LogP contribution in [0.25, 0.3) is 0 Å². The molecule has 2 rings (SSSR count). The molecule has 1 amide bonds. The van der Waals surface area contributed by atoms with Gasteiger partial charge in [-0.15, -0.1) is 21.5 Å². The van der Waals surface area contributed by atoms with E-state index in [9.17, 15) is 4.79 Å². The molecule has 0 radical (unpaired) electrons. The molecule has 0 bridgehead atoms. The Morgan fingerprint density at radius 3 is 2.76 bits per heavy atom. The van der Waals surface area contributed by atoms with Gasteiger partial charge in [0, 0.05) is 24.4 Å². The van der Waals surface area contributed by atoms with Crippen LogP contribution in [-0.2, 0) is 19.4 Å². The number of aryl methyl sites for hydroxylation is 3. The highest BCUT2D eigenvalue weighted by Crippen LogP contribution is 2.22. The molecule has 2 aromatic rings. The van der Waals surface area contributed by atoms with Gasteiger partial charge in [0.25, 0.3) is 5.91 Å². The van der Waals surface area contributed by atoms with Gasteiger partial charge in [-0.1, -0.05) is 32.5 Å². The number of carbonyl (C=O) groups excluding carboxylic acids is 1. The number of aromatic nitrogens is 3. The second kappa shape index (κ2) is 9.38. The number of carbonyl (C=O) groups is 1. The summed E-state index contributed by atoms with van der Waals surface area (Å²) in [6.07, 6.45) is 4.68. The van der Waals surface area contributed by atoms with Crippen LogP contribution in [0, 0.1) is 12.8 Å². The van der Waals surface area contributed by atoms with Crippen molar-refractivity contribution in [1.82, 2.24) is 20.1 Å². The van der Waals surface area contributed by atoms with E-state index in [-0.39, 0.29) is 5.91 Å². The quantitative estimate of drug-likeness (QED) is 0.528. The Labute approximate surface area is 158 Å². The van der Waals surface area contributed by atoms with Crippen molar-refractivity contribution in [2.45, 2.75) is 58.7 Å². The third-order valence-electron chi connectivity index (χ3n) is 4.01. The van der Waals surface area contributed by atoms with E-state index >= 15 is 0 Å². The van der Waals surface area contributed by atoms with Crippen LogP contribution in [0.1, 0.15) is 53.1 Å². The molecular weight excluding hydrogens is 352 g/mol. The second-order valence-electron chi connectivity index (χ2n) is 6.51. The molecule has 0 fully saturated rings. The fourth-order valence-corrected chi connectivity index (χ4v) is 4.27. The molecule has 0 spiro atoms. The maximum Gasteiger partial charge on any atom is 0.261 e. The van der Waals surface area contributed by atoms with Crippen LogP contribution in [0.15, 0.2) is 11.2 Å². The average Bonchev–Trinajstić information content (AvgIpc) is 3.14. The summed E-state index contributed by atoms with van der Waals surface area (Å²) in [7, 11) is 0. The van der Waals surface area contributed by atoms with Crippen LogP contribution in [0.5, 0.6) is 0 Å². The van der Waals surface area contributed by atoms with Crippen molar-refractivity contribution in [3.63, 3.8) is 0 Å². The minimum Gasteiger partial charge on any atom is -0.351 e. The Morgan fingerprint density at radius 2 is 2.16 bits per heavy atom. The van der Waals surface area contributed by atoms with Crippen LogP contribution < -0.4 is 5.32 Å². The summed E-state index contributed by atoms with van der Waals surface area (Å²) in [6, 6.07) is 2.01. The van der Waals surface area contributed by atoms with Gasteiger partial charge in [-0.25, -0.2) is 0 Å².